The number of hydrogen-bond donors (Lipinski definition) is 1. The quantitative estimate of drug-likeness (QED) is 0.830. The maximum Gasteiger partial charge on any atom is 0.241 e. The first-order valence-corrected chi connectivity index (χ1v) is 9.95. The van der Waals surface area contributed by atoms with Crippen LogP contribution < -0.4 is 10.2 Å². The number of morpholine rings is 1. The van der Waals surface area contributed by atoms with Crippen LogP contribution in [-0.4, -0.2) is 50.2 Å². The zero-order chi connectivity index (χ0) is 20.1. The molecule has 150 valence electrons. The Morgan fingerprint density at radius 2 is 1.75 bits per heavy atom. The zero-order valence-corrected chi connectivity index (χ0v) is 17.4. The molecule has 1 aliphatic heterocycles. The number of carbonyl (C=O) groups excluding carboxylic acids is 1. The van der Waals surface area contributed by atoms with E-state index in [1.165, 1.54) is 11.3 Å². The molecule has 1 heterocycles. The minimum absolute atomic E-state index is 0.0174. The summed E-state index contributed by atoms with van der Waals surface area (Å²) in [5.41, 5.74) is 5.56. The van der Waals surface area contributed by atoms with Crippen molar-refractivity contribution in [2.75, 3.05) is 43.6 Å². The fourth-order valence-corrected chi connectivity index (χ4v) is 3.60. The van der Waals surface area contributed by atoms with E-state index in [9.17, 15) is 4.79 Å². The van der Waals surface area contributed by atoms with Crippen molar-refractivity contribution in [2.24, 2.45) is 0 Å². The molecule has 0 aromatic heterocycles. The third-order valence-electron chi connectivity index (χ3n) is 5.53. The number of aryl methyl sites for hydroxylation is 2. The van der Waals surface area contributed by atoms with Gasteiger partial charge in [-0.05, 0) is 50.6 Å². The lowest BCUT2D eigenvalue weighted by Crippen LogP contribution is -2.40. The second-order valence-electron chi connectivity index (χ2n) is 7.58. The highest BCUT2D eigenvalue weighted by molar-refractivity contribution is 5.95. The summed E-state index contributed by atoms with van der Waals surface area (Å²) >= 11 is 0. The lowest BCUT2D eigenvalue weighted by Gasteiger charge is -2.32. The predicted molar refractivity (Wildman–Crippen MR) is 115 cm³/mol. The van der Waals surface area contributed by atoms with Crippen LogP contribution in [0.2, 0.25) is 0 Å². The van der Waals surface area contributed by atoms with Crippen LogP contribution in [0.15, 0.2) is 42.5 Å². The van der Waals surface area contributed by atoms with Crippen molar-refractivity contribution < 1.29 is 9.53 Å². The summed E-state index contributed by atoms with van der Waals surface area (Å²) in [4.78, 5) is 17.3. The molecule has 5 heteroatoms. The standard InChI is InChI=1S/C23H31N3O2/c1-17-8-7-9-18(2)22(17)24-23(27)19(3)25(4)16-20-10-5-6-11-21(20)26-12-14-28-15-13-26/h5-11,19H,12-16H2,1-4H3,(H,24,27)/t19-/m1/s1. The first-order valence-electron chi connectivity index (χ1n) is 9.95. The SMILES string of the molecule is Cc1cccc(C)c1NC(=O)[C@@H](C)N(C)Cc1ccccc1N1CCOCC1. The van der Waals surface area contributed by atoms with Gasteiger partial charge in [-0.15, -0.1) is 0 Å². The molecule has 0 saturated carbocycles. The average Bonchev–Trinajstić information content (AvgIpc) is 2.71. The Bertz CT molecular complexity index is 795. The van der Waals surface area contributed by atoms with E-state index in [0.29, 0.717) is 0 Å². The predicted octanol–water partition coefficient (Wildman–Crippen LogP) is 3.60. The molecule has 1 atom stereocenters. The van der Waals surface area contributed by atoms with Crippen LogP contribution in [0.25, 0.3) is 0 Å². The molecule has 3 rings (SSSR count). The topological polar surface area (TPSA) is 44.8 Å². The van der Waals surface area contributed by atoms with E-state index in [0.717, 1.165) is 49.7 Å². The summed E-state index contributed by atoms with van der Waals surface area (Å²) < 4.78 is 5.48. The minimum atomic E-state index is -0.239. The summed E-state index contributed by atoms with van der Waals surface area (Å²) in [5.74, 6) is 0.0174. The highest BCUT2D eigenvalue weighted by atomic mass is 16.5. The molecule has 1 aliphatic rings. The third-order valence-corrected chi connectivity index (χ3v) is 5.53. The Morgan fingerprint density at radius 1 is 1.11 bits per heavy atom. The van der Waals surface area contributed by atoms with Gasteiger partial charge in [-0.3, -0.25) is 9.69 Å². The van der Waals surface area contributed by atoms with E-state index in [1.807, 2.05) is 46.0 Å². The molecule has 1 N–H and O–H groups in total. The van der Waals surface area contributed by atoms with E-state index in [1.54, 1.807) is 0 Å². The number of amides is 1. The Labute approximate surface area is 168 Å². The van der Waals surface area contributed by atoms with Gasteiger partial charge in [0.25, 0.3) is 0 Å². The van der Waals surface area contributed by atoms with Gasteiger partial charge in [0, 0.05) is 31.0 Å². The van der Waals surface area contributed by atoms with Crippen LogP contribution in [-0.2, 0) is 16.1 Å². The van der Waals surface area contributed by atoms with Crippen LogP contribution in [0.1, 0.15) is 23.6 Å². The number of carbonyl (C=O) groups is 1. The Kier molecular flexibility index (Phi) is 6.70. The van der Waals surface area contributed by atoms with Crippen LogP contribution >= 0.6 is 0 Å². The summed E-state index contributed by atoms with van der Waals surface area (Å²) in [7, 11) is 2.01. The second kappa shape index (κ2) is 9.22. The number of benzene rings is 2. The van der Waals surface area contributed by atoms with Crippen molar-refractivity contribution >= 4 is 17.3 Å². The Hall–Kier alpha value is -2.37. The van der Waals surface area contributed by atoms with Crippen molar-refractivity contribution in [2.45, 2.75) is 33.4 Å². The van der Waals surface area contributed by atoms with Gasteiger partial charge < -0.3 is 15.0 Å². The monoisotopic (exact) mass is 381 g/mol. The number of para-hydroxylation sites is 2. The van der Waals surface area contributed by atoms with E-state index in [4.69, 9.17) is 4.74 Å². The Morgan fingerprint density at radius 3 is 2.43 bits per heavy atom. The molecule has 0 aliphatic carbocycles. The van der Waals surface area contributed by atoms with Crippen molar-refractivity contribution in [1.82, 2.24) is 4.90 Å². The summed E-state index contributed by atoms with van der Waals surface area (Å²) in [6, 6.07) is 14.3. The highest BCUT2D eigenvalue weighted by Crippen LogP contribution is 2.24. The lowest BCUT2D eigenvalue weighted by atomic mass is 10.1. The molecule has 0 spiro atoms. The fourth-order valence-electron chi connectivity index (χ4n) is 3.60. The lowest BCUT2D eigenvalue weighted by molar-refractivity contribution is -0.120. The maximum atomic E-state index is 12.9. The van der Waals surface area contributed by atoms with Crippen molar-refractivity contribution in [3.8, 4) is 0 Å². The molecule has 5 nitrogen and oxygen atoms in total. The molecule has 0 bridgehead atoms. The number of likely N-dealkylation sites (N-methyl/N-ethyl adjacent to an activating group) is 1. The van der Waals surface area contributed by atoms with Gasteiger partial charge >= 0.3 is 0 Å². The number of nitrogens with zero attached hydrogens (tertiary/aromatic N) is 2. The van der Waals surface area contributed by atoms with E-state index >= 15 is 0 Å². The average molecular weight is 382 g/mol. The molecular weight excluding hydrogens is 350 g/mol. The highest BCUT2D eigenvalue weighted by Gasteiger charge is 2.21. The maximum absolute atomic E-state index is 12.9. The molecule has 28 heavy (non-hydrogen) atoms. The van der Waals surface area contributed by atoms with Crippen molar-refractivity contribution in [3.63, 3.8) is 0 Å². The Balaban J connectivity index is 1.69. The smallest absolute Gasteiger partial charge is 0.241 e. The first kappa shape index (κ1) is 20.4. The van der Waals surface area contributed by atoms with Crippen LogP contribution in [0.4, 0.5) is 11.4 Å². The van der Waals surface area contributed by atoms with Crippen molar-refractivity contribution in [1.29, 1.82) is 0 Å². The summed E-state index contributed by atoms with van der Waals surface area (Å²) in [6.07, 6.45) is 0. The summed E-state index contributed by atoms with van der Waals surface area (Å²) in [5, 5.41) is 3.12. The molecule has 1 amide bonds. The number of rotatable bonds is 6. The molecule has 0 radical (unpaired) electrons. The van der Waals surface area contributed by atoms with Crippen LogP contribution in [0, 0.1) is 13.8 Å². The second-order valence-corrected chi connectivity index (χ2v) is 7.58. The van der Waals surface area contributed by atoms with E-state index in [-0.39, 0.29) is 11.9 Å². The fraction of sp³-hybridized carbons (Fsp3) is 0.435. The molecule has 1 fully saturated rings. The number of ether oxygens (including phenoxy) is 1. The van der Waals surface area contributed by atoms with Gasteiger partial charge in [0.15, 0.2) is 0 Å². The van der Waals surface area contributed by atoms with Gasteiger partial charge in [0.05, 0.1) is 19.3 Å². The molecule has 0 unspecified atom stereocenters. The number of hydrogen-bond acceptors (Lipinski definition) is 4. The first-order chi connectivity index (χ1) is 13.5. The van der Waals surface area contributed by atoms with Crippen LogP contribution in [0.3, 0.4) is 0 Å². The number of anilines is 2. The van der Waals surface area contributed by atoms with Gasteiger partial charge in [0.2, 0.25) is 5.91 Å². The minimum Gasteiger partial charge on any atom is -0.378 e. The van der Waals surface area contributed by atoms with E-state index in [2.05, 4.69) is 39.4 Å². The van der Waals surface area contributed by atoms with Crippen LogP contribution in [0.5, 0.6) is 0 Å². The molecule has 2 aromatic carbocycles. The third kappa shape index (κ3) is 4.72. The van der Waals surface area contributed by atoms with Gasteiger partial charge in [-0.2, -0.15) is 0 Å². The molecule has 2 aromatic rings. The van der Waals surface area contributed by atoms with Crippen molar-refractivity contribution in [3.05, 3.63) is 59.2 Å². The normalized spacial score (nSPS) is 15.5. The molecule has 1 saturated heterocycles. The van der Waals surface area contributed by atoms with Gasteiger partial charge in [-0.1, -0.05) is 36.4 Å². The van der Waals surface area contributed by atoms with E-state index < -0.39 is 0 Å². The van der Waals surface area contributed by atoms with Gasteiger partial charge in [-0.25, -0.2) is 0 Å². The summed E-state index contributed by atoms with van der Waals surface area (Å²) in [6.45, 7) is 10.1. The van der Waals surface area contributed by atoms with Gasteiger partial charge in [0.1, 0.15) is 0 Å². The largest absolute Gasteiger partial charge is 0.378 e. The molecular formula is C23H31N3O2. The zero-order valence-electron chi connectivity index (χ0n) is 17.4. The number of nitrogens with one attached hydrogen (secondary N) is 1.